The number of piperazine rings is 1. The second-order valence-electron chi connectivity index (χ2n) is 8.55. The molecule has 10 heteroatoms. The van der Waals surface area contributed by atoms with Crippen LogP contribution in [0, 0.1) is 0 Å². The lowest BCUT2D eigenvalue weighted by atomic mass is 10.1. The summed E-state index contributed by atoms with van der Waals surface area (Å²) in [7, 11) is -2.25. The molecule has 0 unspecified atom stereocenters. The Morgan fingerprint density at radius 3 is 2.44 bits per heavy atom. The number of hydrogen-bond donors (Lipinski definition) is 1. The molecule has 174 valence electrons. The SMILES string of the molecule is Cn1cc(C(=O)NC2CCCCCC2)c(S(=O)(=O)N2CCN(c3cccc(Cl)c3)CC2)n1. The summed E-state index contributed by atoms with van der Waals surface area (Å²) < 4.78 is 29.6. The van der Waals surface area contributed by atoms with Gasteiger partial charge in [-0.25, -0.2) is 8.42 Å². The first-order valence-corrected chi connectivity index (χ1v) is 13.0. The van der Waals surface area contributed by atoms with E-state index in [9.17, 15) is 13.2 Å². The molecule has 32 heavy (non-hydrogen) atoms. The number of aromatic nitrogens is 2. The third-order valence-electron chi connectivity index (χ3n) is 6.23. The van der Waals surface area contributed by atoms with Crippen molar-refractivity contribution >= 4 is 33.2 Å². The fourth-order valence-corrected chi connectivity index (χ4v) is 6.21. The van der Waals surface area contributed by atoms with Crippen molar-refractivity contribution in [3.63, 3.8) is 0 Å². The maximum atomic E-state index is 13.4. The van der Waals surface area contributed by atoms with Crippen molar-refractivity contribution < 1.29 is 13.2 Å². The normalized spacial score (nSPS) is 19.0. The van der Waals surface area contributed by atoms with Gasteiger partial charge in [0, 0.05) is 56.2 Å². The van der Waals surface area contributed by atoms with Crippen LogP contribution in [0.5, 0.6) is 0 Å². The molecular weight excluding hydrogens is 450 g/mol. The number of carbonyl (C=O) groups excluding carboxylic acids is 1. The third kappa shape index (κ3) is 5.10. The smallest absolute Gasteiger partial charge is 0.263 e. The average molecular weight is 480 g/mol. The predicted molar refractivity (Wildman–Crippen MR) is 125 cm³/mol. The van der Waals surface area contributed by atoms with E-state index in [2.05, 4.69) is 15.3 Å². The molecule has 2 heterocycles. The lowest BCUT2D eigenvalue weighted by molar-refractivity contribution is 0.0929. The van der Waals surface area contributed by atoms with Crippen molar-refractivity contribution in [3.05, 3.63) is 41.0 Å². The first-order valence-electron chi connectivity index (χ1n) is 11.2. The summed E-state index contributed by atoms with van der Waals surface area (Å²) in [4.78, 5) is 15.1. The van der Waals surface area contributed by atoms with Gasteiger partial charge in [0.1, 0.15) is 0 Å². The molecule has 2 fully saturated rings. The minimum Gasteiger partial charge on any atom is -0.369 e. The summed E-state index contributed by atoms with van der Waals surface area (Å²) >= 11 is 6.09. The van der Waals surface area contributed by atoms with Crippen LogP contribution in [-0.2, 0) is 17.1 Å². The van der Waals surface area contributed by atoms with Crippen LogP contribution in [0.25, 0.3) is 0 Å². The van der Waals surface area contributed by atoms with Crippen molar-refractivity contribution in [1.29, 1.82) is 0 Å². The highest BCUT2D eigenvalue weighted by Gasteiger charge is 2.35. The van der Waals surface area contributed by atoms with Gasteiger partial charge in [0.05, 0.1) is 5.56 Å². The number of halogens is 1. The van der Waals surface area contributed by atoms with E-state index in [0.29, 0.717) is 31.2 Å². The first kappa shape index (κ1) is 23.1. The summed E-state index contributed by atoms with van der Waals surface area (Å²) in [5, 5.41) is 7.70. The third-order valence-corrected chi connectivity index (χ3v) is 8.30. The molecule has 1 saturated carbocycles. The van der Waals surface area contributed by atoms with Crippen molar-refractivity contribution in [3.8, 4) is 0 Å². The van der Waals surface area contributed by atoms with Crippen LogP contribution >= 0.6 is 11.6 Å². The number of anilines is 1. The zero-order valence-corrected chi connectivity index (χ0v) is 19.9. The standard InChI is InChI=1S/C22H30ClN5O3S/c1-26-16-20(21(29)24-18-8-4-2-3-5-9-18)22(25-26)32(30,31)28-13-11-27(12-14-28)19-10-6-7-17(23)15-19/h6-7,10,15-16,18H,2-5,8-9,11-14H2,1H3,(H,24,29). The molecule has 1 aliphatic heterocycles. The molecule has 0 spiro atoms. The van der Waals surface area contributed by atoms with Gasteiger partial charge in [-0.05, 0) is 31.0 Å². The number of aryl methyl sites for hydroxylation is 1. The number of nitrogens with zero attached hydrogens (tertiary/aromatic N) is 4. The van der Waals surface area contributed by atoms with E-state index in [1.807, 2.05) is 24.3 Å². The number of hydrogen-bond acceptors (Lipinski definition) is 5. The van der Waals surface area contributed by atoms with Crippen molar-refractivity contribution in [2.24, 2.45) is 7.05 Å². The van der Waals surface area contributed by atoms with Gasteiger partial charge in [-0.3, -0.25) is 9.48 Å². The van der Waals surface area contributed by atoms with Crippen molar-refractivity contribution in [2.45, 2.75) is 49.6 Å². The lowest BCUT2D eigenvalue weighted by Gasteiger charge is -2.35. The van der Waals surface area contributed by atoms with Gasteiger partial charge in [0.2, 0.25) is 5.03 Å². The molecule has 0 radical (unpaired) electrons. The molecule has 2 aliphatic rings. The van der Waals surface area contributed by atoms with Gasteiger partial charge >= 0.3 is 0 Å². The number of nitrogens with one attached hydrogen (secondary N) is 1. The minimum absolute atomic E-state index is 0.0852. The van der Waals surface area contributed by atoms with Crippen LogP contribution in [0.4, 0.5) is 5.69 Å². The highest BCUT2D eigenvalue weighted by Crippen LogP contribution is 2.25. The van der Waals surface area contributed by atoms with E-state index in [1.54, 1.807) is 7.05 Å². The molecular formula is C22H30ClN5O3S. The van der Waals surface area contributed by atoms with Crippen LogP contribution in [0.15, 0.2) is 35.5 Å². The zero-order chi connectivity index (χ0) is 22.7. The van der Waals surface area contributed by atoms with Crippen LogP contribution < -0.4 is 10.2 Å². The van der Waals surface area contributed by atoms with Crippen molar-refractivity contribution in [1.82, 2.24) is 19.4 Å². The molecule has 8 nitrogen and oxygen atoms in total. The van der Waals surface area contributed by atoms with E-state index in [-0.39, 0.29) is 22.5 Å². The minimum atomic E-state index is -3.89. The fourth-order valence-electron chi connectivity index (χ4n) is 4.48. The van der Waals surface area contributed by atoms with E-state index < -0.39 is 10.0 Å². The number of carbonyl (C=O) groups is 1. The summed E-state index contributed by atoms with van der Waals surface area (Å²) in [5.41, 5.74) is 1.09. The van der Waals surface area contributed by atoms with Gasteiger partial charge in [-0.1, -0.05) is 43.4 Å². The molecule has 4 rings (SSSR count). The molecule has 1 aromatic heterocycles. The molecule has 1 amide bonds. The van der Waals surface area contributed by atoms with E-state index in [4.69, 9.17) is 11.6 Å². The first-order chi connectivity index (χ1) is 15.3. The average Bonchev–Trinajstić information content (AvgIpc) is 3.01. The Morgan fingerprint density at radius 1 is 1.09 bits per heavy atom. The maximum absolute atomic E-state index is 13.4. The fraction of sp³-hybridized carbons (Fsp3) is 0.545. The van der Waals surface area contributed by atoms with Gasteiger partial charge in [0.25, 0.3) is 15.9 Å². The Morgan fingerprint density at radius 2 is 1.78 bits per heavy atom. The van der Waals surface area contributed by atoms with Crippen LogP contribution in [0.3, 0.4) is 0 Å². The largest absolute Gasteiger partial charge is 0.369 e. The molecule has 1 aliphatic carbocycles. The van der Waals surface area contributed by atoms with Gasteiger partial charge in [-0.15, -0.1) is 0 Å². The van der Waals surface area contributed by atoms with Crippen LogP contribution in [0.2, 0.25) is 5.02 Å². The zero-order valence-electron chi connectivity index (χ0n) is 18.3. The molecule has 1 saturated heterocycles. The molecule has 0 atom stereocenters. The quantitative estimate of drug-likeness (QED) is 0.666. The Bertz CT molecular complexity index is 1060. The molecule has 0 bridgehead atoms. The monoisotopic (exact) mass is 479 g/mol. The van der Waals surface area contributed by atoms with Crippen molar-refractivity contribution in [2.75, 3.05) is 31.1 Å². The predicted octanol–water partition coefficient (Wildman–Crippen LogP) is 3.04. The second-order valence-corrected chi connectivity index (χ2v) is 10.8. The Balaban J connectivity index is 1.48. The number of rotatable bonds is 5. The Kier molecular flexibility index (Phi) is 7.07. The van der Waals surface area contributed by atoms with E-state index >= 15 is 0 Å². The summed E-state index contributed by atoms with van der Waals surface area (Å²) in [6.45, 7) is 1.70. The molecule has 1 N–H and O–H groups in total. The molecule has 2 aromatic rings. The summed E-state index contributed by atoms with van der Waals surface area (Å²) in [5.74, 6) is -0.360. The Hall–Kier alpha value is -2.10. The van der Waals surface area contributed by atoms with E-state index in [1.165, 1.54) is 28.0 Å². The Labute approximate surface area is 194 Å². The number of benzene rings is 1. The summed E-state index contributed by atoms with van der Waals surface area (Å²) in [6, 6.07) is 7.62. The summed E-state index contributed by atoms with van der Waals surface area (Å²) in [6.07, 6.45) is 7.89. The van der Waals surface area contributed by atoms with Crippen LogP contribution in [-0.4, -0.2) is 60.6 Å². The van der Waals surface area contributed by atoms with Gasteiger partial charge < -0.3 is 10.2 Å². The second kappa shape index (κ2) is 9.80. The highest BCUT2D eigenvalue weighted by atomic mass is 35.5. The van der Waals surface area contributed by atoms with Gasteiger partial charge in [0.15, 0.2) is 0 Å². The number of sulfonamides is 1. The maximum Gasteiger partial charge on any atom is 0.263 e. The lowest BCUT2D eigenvalue weighted by Crippen LogP contribution is -2.49. The topological polar surface area (TPSA) is 87.5 Å². The molecule has 1 aromatic carbocycles. The van der Waals surface area contributed by atoms with Crippen LogP contribution in [0.1, 0.15) is 48.9 Å². The van der Waals surface area contributed by atoms with Gasteiger partial charge in [-0.2, -0.15) is 9.40 Å². The van der Waals surface area contributed by atoms with E-state index in [0.717, 1.165) is 31.4 Å². The number of amides is 1. The highest BCUT2D eigenvalue weighted by molar-refractivity contribution is 7.89.